The fourth-order valence-corrected chi connectivity index (χ4v) is 17.1. The van der Waals surface area contributed by atoms with Gasteiger partial charge in [0.1, 0.15) is 86.2 Å². The average Bonchev–Trinajstić information content (AvgIpc) is 1.60. The number of aryl methyl sites for hydroxylation is 1. The van der Waals surface area contributed by atoms with Crippen molar-refractivity contribution in [3.63, 3.8) is 0 Å². The molecule has 0 bridgehead atoms. The van der Waals surface area contributed by atoms with Gasteiger partial charge in [-0.1, -0.05) is 11.8 Å². The van der Waals surface area contributed by atoms with Gasteiger partial charge in [-0.25, -0.2) is 47.7 Å². The maximum absolute atomic E-state index is 14.6. The van der Waals surface area contributed by atoms with Crippen LogP contribution in [0.5, 0.6) is 0 Å². The molecule has 8 aromatic heterocycles. The molecule has 12 rings (SSSR count). The van der Waals surface area contributed by atoms with E-state index in [-0.39, 0.29) is 62.4 Å². The number of imidazole rings is 4. The molecule has 57 heteroatoms. The third-order valence-electron chi connectivity index (χ3n) is 15.7. The maximum atomic E-state index is 14.6. The second-order valence-electron chi connectivity index (χ2n) is 22.0. The first kappa shape index (κ1) is 73.2. The topological polar surface area (TPSA) is 732 Å². The summed E-state index contributed by atoms with van der Waals surface area (Å²) in [7, 11) is -20.8. The van der Waals surface area contributed by atoms with Crippen LogP contribution in [0.15, 0.2) is 46.0 Å². The van der Waals surface area contributed by atoms with Crippen LogP contribution in [0.2, 0.25) is 0 Å². The predicted octanol–water partition coefficient (Wildman–Crippen LogP) is -6.78. The zero-order chi connectivity index (χ0) is 72.2. The Kier molecular flexibility index (Phi) is 19.9. The number of fused-ring (bicyclic) bond motifs is 4. The van der Waals surface area contributed by atoms with Crippen LogP contribution in [-0.2, 0) is 101 Å². The summed E-state index contributed by atoms with van der Waals surface area (Å²) < 4.78 is 134. The highest BCUT2D eigenvalue weighted by atomic mass is 32.5. The lowest BCUT2D eigenvalue weighted by atomic mass is 10.1. The molecular formula is C43H57N20O31P5S. The van der Waals surface area contributed by atoms with Crippen molar-refractivity contribution in [1.29, 1.82) is 0 Å². The monoisotopic (exact) mass is 1540 g/mol. The largest absolute Gasteiger partial charge is 0.780 e. The van der Waals surface area contributed by atoms with Crippen LogP contribution in [0.3, 0.4) is 0 Å². The first-order valence-corrected chi connectivity index (χ1v) is 36.7. The molecule has 4 aliphatic rings. The number of rotatable bonds is 26. The molecule has 100 heavy (non-hydrogen) atoms. The maximum Gasteiger partial charge on any atom is 0.490 e. The molecule has 21 unspecified atom stereocenters. The summed E-state index contributed by atoms with van der Waals surface area (Å²) in [6, 6.07) is 0. The first-order valence-electron chi connectivity index (χ1n) is 28.2. The van der Waals surface area contributed by atoms with E-state index in [1.165, 1.54) is 22.5 Å². The van der Waals surface area contributed by atoms with Gasteiger partial charge in [-0.05, 0) is 0 Å². The molecule has 4 aliphatic heterocycles. The van der Waals surface area contributed by atoms with Gasteiger partial charge in [0.25, 0.3) is 22.3 Å². The van der Waals surface area contributed by atoms with E-state index in [1.54, 1.807) is 0 Å². The van der Waals surface area contributed by atoms with Crippen LogP contribution in [0, 0.1) is 0 Å². The van der Waals surface area contributed by atoms with Crippen LogP contribution in [0.1, 0.15) is 24.9 Å². The fraction of sp³-hybridized carbons (Fsp3) is 0.535. The van der Waals surface area contributed by atoms with Crippen LogP contribution < -0.4 is 49.1 Å². The van der Waals surface area contributed by atoms with Gasteiger partial charge in [0.05, 0.1) is 45.9 Å². The summed E-state index contributed by atoms with van der Waals surface area (Å²) in [6.45, 7) is -10.2. The van der Waals surface area contributed by atoms with Crippen LogP contribution >= 0.6 is 38.0 Å². The smallest absolute Gasteiger partial charge is 0.490 e. The number of phosphoric ester groups is 3. The molecule has 20 N–H and O–H groups in total. The SMILES string of the molecule is COC1C(OP([O-])(=S)OCC2OC(n3cnc4c(=O)[nH]c(N)nc43)C(O)C2OP(=O)(O)OCC2OC(n3cnc4c(=O)[nH]c(N)nc43)C(O)C2O)C(COP(=O)(O)OP(=O)(O)OP(=O)(O)OCC2(OC)OC(n3c[n+](C)c4c(=O)[nH]c(N)nc43)C(O)C2O)OC1n1cnc2c(N)ncnc21. The van der Waals surface area contributed by atoms with Crippen molar-refractivity contribution < 1.29 is 137 Å². The van der Waals surface area contributed by atoms with Crippen molar-refractivity contribution in [2.24, 2.45) is 7.05 Å². The third-order valence-corrected chi connectivity index (χ3v) is 22.4. The number of aliphatic hydroxyl groups excluding tert-OH is 5. The van der Waals surface area contributed by atoms with Crippen molar-refractivity contribution in [2.45, 2.75) is 97.8 Å². The Morgan fingerprint density at radius 3 is 1.70 bits per heavy atom. The summed E-state index contributed by atoms with van der Waals surface area (Å²) in [6.07, 6.45) is -22.6. The number of phosphoric acid groups is 4. The van der Waals surface area contributed by atoms with E-state index in [9.17, 15) is 82.6 Å². The average molecular weight is 1540 g/mol. The molecule has 0 amide bonds. The normalized spacial score (nSPS) is 31.1. The highest BCUT2D eigenvalue weighted by Gasteiger charge is 2.60. The summed E-state index contributed by atoms with van der Waals surface area (Å²) in [5.41, 5.74) is 19.4. The summed E-state index contributed by atoms with van der Waals surface area (Å²) in [5, 5.41) is 56.1. The number of ether oxygens (including phenoxy) is 6. The summed E-state index contributed by atoms with van der Waals surface area (Å²) >= 11 is 5.31. The van der Waals surface area contributed by atoms with Crippen LogP contribution in [0.4, 0.5) is 23.7 Å². The molecule has 12 heterocycles. The molecule has 0 saturated carbocycles. The number of methoxy groups -OCH3 is 2. The van der Waals surface area contributed by atoms with Crippen molar-refractivity contribution in [1.82, 2.24) is 73.1 Å². The Labute approximate surface area is 557 Å². The Morgan fingerprint density at radius 1 is 0.580 bits per heavy atom. The fourth-order valence-electron chi connectivity index (χ4n) is 11.2. The van der Waals surface area contributed by atoms with E-state index in [2.05, 4.69) is 63.4 Å². The molecule has 546 valence electrons. The molecule has 4 fully saturated rings. The van der Waals surface area contributed by atoms with Gasteiger partial charge in [0.15, 0.2) is 58.6 Å². The number of nitrogens with two attached hydrogens (primary N) is 4. The molecule has 0 radical (unpaired) electrons. The quantitative estimate of drug-likeness (QED) is 0.0177. The minimum absolute atomic E-state index is 0.0116. The van der Waals surface area contributed by atoms with Crippen molar-refractivity contribution in [3.8, 4) is 0 Å². The zero-order valence-electron chi connectivity index (χ0n) is 50.6. The highest BCUT2D eigenvalue weighted by molar-refractivity contribution is 8.06. The lowest BCUT2D eigenvalue weighted by molar-refractivity contribution is -0.646. The number of hydrogen-bond acceptors (Lipinski definition) is 40. The number of hydrogen-bond donors (Lipinski definition) is 16. The number of aromatic nitrogens is 16. The van der Waals surface area contributed by atoms with Gasteiger partial charge < -0.3 is 106 Å². The van der Waals surface area contributed by atoms with Gasteiger partial charge >= 0.3 is 36.9 Å². The van der Waals surface area contributed by atoms with Gasteiger partial charge in [0, 0.05) is 14.2 Å². The molecule has 0 spiro atoms. The number of H-pyrrole nitrogens is 3. The van der Waals surface area contributed by atoms with Crippen molar-refractivity contribution in [3.05, 3.63) is 62.7 Å². The molecule has 8 aromatic rings. The van der Waals surface area contributed by atoms with Gasteiger partial charge in [0.2, 0.25) is 36.2 Å². The minimum Gasteiger partial charge on any atom is -0.780 e. The second-order valence-corrected chi connectivity index (χ2v) is 30.7. The molecule has 0 aromatic carbocycles. The summed E-state index contributed by atoms with van der Waals surface area (Å²) in [4.78, 5) is 135. The van der Waals surface area contributed by atoms with E-state index < -0.39 is 185 Å². The Bertz CT molecular complexity index is 4910. The van der Waals surface area contributed by atoms with E-state index in [1.807, 2.05) is 0 Å². The molecule has 51 nitrogen and oxygen atoms in total. The third kappa shape index (κ3) is 14.2. The lowest BCUT2D eigenvalue weighted by Gasteiger charge is -2.35. The minimum atomic E-state index is -6.37. The number of nitrogen functional groups attached to an aromatic ring is 4. The summed E-state index contributed by atoms with van der Waals surface area (Å²) in [5.74, 6) is -3.93. The molecular weight excluding hydrogens is 1480 g/mol. The van der Waals surface area contributed by atoms with E-state index >= 15 is 0 Å². The zero-order valence-corrected chi connectivity index (χ0v) is 55.9. The Balaban J connectivity index is 0.747. The van der Waals surface area contributed by atoms with E-state index in [4.69, 9.17) is 90.3 Å². The van der Waals surface area contributed by atoms with Gasteiger partial charge in [-0.15, -0.1) is 0 Å². The Morgan fingerprint density at radius 2 is 1.09 bits per heavy atom. The van der Waals surface area contributed by atoms with E-state index in [0.29, 0.717) is 0 Å². The molecule has 0 aliphatic carbocycles. The van der Waals surface area contributed by atoms with Crippen molar-refractivity contribution in [2.75, 3.05) is 63.6 Å². The van der Waals surface area contributed by atoms with Gasteiger partial charge in [-0.2, -0.15) is 28.1 Å². The van der Waals surface area contributed by atoms with Gasteiger partial charge in [-0.3, -0.25) is 65.9 Å². The number of nitrogens with one attached hydrogen (secondary N) is 3. The van der Waals surface area contributed by atoms with Crippen molar-refractivity contribution >= 4 is 118 Å². The standard InChI is InChI=1S/C43H57N20O31P5S/c1-59-12-63(32-19(59)35(71)58-42(47)55-32)38-23(67)27(68)43(82-3,90-38)7-86-97(76,77)94-98(78,79)93-96(74,75)84-5-15-25(26(81-2)39(89-15)60-9-50-16-28(44)48-8-49-29(16)60)92-99(80,100)85-6-14-24(22(66)37(88-14)62-11-52-18-31(62)54-41(46)57-34(18)70)91-95(72,73)83-4-13-20(64)21(65)36(87-13)61-10-51-17-30(61)53-40(45)56-33(17)69/h8-15,20-27,36-39,64-68H,4-7H2,1-3H3,(H15-,44,45,46,47,48,49,53,54,55,56,57,58,69,70,71,72,73,74,75,76,77,78,79,80,100). The predicted molar refractivity (Wildman–Crippen MR) is 323 cm³/mol. The number of aromatic amines is 3. The Hall–Kier alpha value is -6.59. The number of anilines is 4. The lowest BCUT2D eigenvalue weighted by Crippen LogP contribution is -2.48. The number of nitrogens with zero attached hydrogens (tertiary/aromatic N) is 13. The molecule has 4 saturated heterocycles. The second kappa shape index (κ2) is 27.2. The first-order chi connectivity index (χ1) is 46.9. The van der Waals surface area contributed by atoms with E-state index in [0.717, 1.165) is 53.2 Å². The highest BCUT2D eigenvalue weighted by Crippen LogP contribution is 2.68. The number of aliphatic hydroxyl groups is 5. The van der Waals surface area contributed by atoms with Crippen LogP contribution in [0.25, 0.3) is 44.7 Å². The van der Waals surface area contributed by atoms with Crippen LogP contribution in [-0.4, -0.2) is 232 Å². The molecule has 21 atom stereocenters.